The molecule has 13 heavy (non-hydrogen) atoms. The largest absolute Gasteiger partial charge is 0.233 e. The topological polar surface area (TPSA) is 30.2 Å². The molecular formula is C9H10BrN3. The number of hydrogen-bond acceptors (Lipinski definition) is 2. The van der Waals surface area contributed by atoms with E-state index in [4.69, 9.17) is 0 Å². The first-order chi connectivity index (χ1) is 6.22. The minimum absolute atomic E-state index is 0.884. The average molecular weight is 240 g/mol. The average Bonchev–Trinajstić information content (AvgIpc) is 2.47. The molecule has 0 spiro atoms. The molecule has 2 heterocycles. The summed E-state index contributed by atoms with van der Waals surface area (Å²) in [5.74, 6) is 0. The second-order valence-corrected chi connectivity index (χ2v) is 3.82. The van der Waals surface area contributed by atoms with Crippen molar-refractivity contribution in [1.82, 2.24) is 14.6 Å². The molecule has 0 amide bonds. The van der Waals surface area contributed by atoms with E-state index in [-0.39, 0.29) is 0 Å². The summed E-state index contributed by atoms with van der Waals surface area (Å²) in [5.41, 5.74) is 3.20. The van der Waals surface area contributed by atoms with Gasteiger partial charge in [0.2, 0.25) is 0 Å². The molecule has 0 saturated carbocycles. The molecule has 0 unspecified atom stereocenters. The number of hydrogen-bond donors (Lipinski definition) is 0. The van der Waals surface area contributed by atoms with Crippen molar-refractivity contribution in [1.29, 1.82) is 0 Å². The Morgan fingerprint density at radius 2 is 2.31 bits per heavy atom. The van der Waals surface area contributed by atoms with Crippen LogP contribution in [0.15, 0.2) is 16.9 Å². The van der Waals surface area contributed by atoms with Gasteiger partial charge < -0.3 is 0 Å². The Bertz CT molecular complexity index is 447. The highest BCUT2D eigenvalue weighted by Gasteiger charge is 2.05. The highest BCUT2D eigenvalue weighted by Crippen LogP contribution is 2.17. The molecule has 0 aromatic carbocycles. The van der Waals surface area contributed by atoms with Crippen LogP contribution in [0.5, 0.6) is 0 Å². The summed E-state index contributed by atoms with van der Waals surface area (Å²) >= 11 is 3.40. The lowest BCUT2D eigenvalue weighted by molar-refractivity contribution is 0.894. The fourth-order valence-electron chi connectivity index (χ4n) is 1.35. The van der Waals surface area contributed by atoms with Crippen molar-refractivity contribution in [2.45, 2.75) is 20.3 Å². The smallest absolute Gasteiger partial charge is 0.169 e. The lowest BCUT2D eigenvalue weighted by Crippen LogP contribution is -1.97. The first-order valence-electron chi connectivity index (χ1n) is 4.21. The number of rotatable bonds is 1. The van der Waals surface area contributed by atoms with Crippen LogP contribution in [0.2, 0.25) is 0 Å². The minimum atomic E-state index is 0.884. The molecule has 2 aromatic rings. The summed E-state index contributed by atoms with van der Waals surface area (Å²) in [6, 6.07) is 0. The van der Waals surface area contributed by atoms with Gasteiger partial charge in [-0.3, -0.25) is 0 Å². The maximum atomic E-state index is 4.46. The molecule has 0 radical (unpaired) electrons. The Kier molecular flexibility index (Phi) is 2.07. The molecule has 0 aliphatic heterocycles. The van der Waals surface area contributed by atoms with Crippen molar-refractivity contribution in [3.8, 4) is 0 Å². The maximum absolute atomic E-state index is 4.46. The third kappa shape index (κ3) is 1.35. The highest BCUT2D eigenvalue weighted by molar-refractivity contribution is 9.10. The third-order valence-corrected chi connectivity index (χ3v) is 2.68. The van der Waals surface area contributed by atoms with Crippen molar-refractivity contribution in [3.63, 3.8) is 0 Å². The van der Waals surface area contributed by atoms with Crippen LogP contribution in [-0.4, -0.2) is 14.6 Å². The van der Waals surface area contributed by atoms with E-state index < -0.39 is 0 Å². The third-order valence-electron chi connectivity index (χ3n) is 2.12. The molecular weight excluding hydrogens is 230 g/mol. The van der Waals surface area contributed by atoms with Gasteiger partial charge in [0.1, 0.15) is 0 Å². The van der Waals surface area contributed by atoms with E-state index in [0.29, 0.717) is 0 Å². The summed E-state index contributed by atoms with van der Waals surface area (Å²) in [6.07, 6.45) is 4.79. The monoisotopic (exact) mass is 239 g/mol. The van der Waals surface area contributed by atoms with Gasteiger partial charge in [-0.2, -0.15) is 5.10 Å². The summed E-state index contributed by atoms with van der Waals surface area (Å²) in [4.78, 5) is 4.46. The van der Waals surface area contributed by atoms with Crippen molar-refractivity contribution in [2.75, 3.05) is 0 Å². The molecule has 0 bridgehead atoms. The summed E-state index contributed by atoms with van der Waals surface area (Å²) in [5, 5.41) is 4.18. The predicted molar refractivity (Wildman–Crippen MR) is 54.8 cm³/mol. The molecule has 4 heteroatoms. The number of aromatic nitrogens is 3. The molecule has 2 aromatic heterocycles. The van der Waals surface area contributed by atoms with E-state index in [1.165, 1.54) is 5.56 Å². The molecule has 2 rings (SSSR count). The molecule has 0 N–H and O–H groups in total. The molecule has 3 nitrogen and oxygen atoms in total. The number of fused-ring (bicyclic) bond motifs is 1. The normalized spacial score (nSPS) is 11.0. The van der Waals surface area contributed by atoms with Gasteiger partial charge in [0, 0.05) is 11.9 Å². The van der Waals surface area contributed by atoms with Crippen LogP contribution >= 0.6 is 15.9 Å². The van der Waals surface area contributed by atoms with Crippen molar-refractivity contribution >= 4 is 21.6 Å². The summed E-state index contributed by atoms with van der Waals surface area (Å²) < 4.78 is 2.74. The lowest BCUT2D eigenvalue weighted by Gasteiger charge is -2.02. The van der Waals surface area contributed by atoms with Gasteiger partial charge in [0.05, 0.1) is 10.7 Å². The Morgan fingerprint density at radius 3 is 3.00 bits per heavy atom. The van der Waals surface area contributed by atoms with Crippen LogP contribution in [0.3, 0.4) is 0 Å². The second-order valence-electron chi connectivity index (χ2n) is 2.97. The minimum Gasteiger partial charge on any atom is -0.233 e. The van der Waals surface area contributed by atoms with E-state index in [1.807, 2.05) is 13.1 Å². The van der Waals surface area contributed by atoms with Crippen LogP contribution in [0, 0.1) is 6.92 Å². The highest BCUT2D eigenvalue weighted by atomic mass is 79.9. The molecule has 0 atom stereocenters. The lowest BCUT2D eigenvalue weighted by atomic mass is 10.2. The first-order valence-corrected chi connectivity index (χ1v) is 5.01. The fraction of sp³-hybridized carbons (Fsp3) is 0.333. The Balaban J connectivity index is 2.76. The fourth-order valence-corrected chi connectivity index (χ4v) is 1.71. The molecule has 68 valence electrons. The SMILES string of the molecule is CCc1cn2ncc(Br)c2nc1C. The van der Waals surface area contributed by atoms with Crippen LogP contribution in [-0.2, 0) is 6.42 Å². The van der Waals surface area contributed by atoms with Crippen LogP contribution in [0.25, 0.3) is 5.65 Å². The van der Waals surface area contributed by atoms with E-state index in [9.17, 15) is 0 Å². The van der Waals surface area contributed by atoms with Crippen molar-refractivity contribution in [2.24, 2.45) is 0 Å². The quantitative estimate of drug-likeness (QED) is 0.765. The van der Waals surface area contributed by atoms with Crippen molar-refractivity contribution in [3.05, 3.63) is 28.1 Å². The Labute approximate surface area is 84.9 Å². The molecule has 0 fully saturated rings. The molecule has 0 saturated heterocycles. The standard InChI is InChI=1S/C9H10BrN3/c1-3-7-5-13-9(12-6(7)2)8(10)4-11-13/h4-5H,3H2,1-2H3. The van der Waals surface area contributed by atoms with E-state index in [0.717, 1.165) is 22.2 Å². The maximum Gasteiger partial charge on any atom is 0.169 e. The van der Waals surface area contributed by atoms with Crippen molar-refractivity contribution < 1.29 is 0 Å². The van der Waals surface area contributed by atoms with E-state index in [2.05, 4.69) is 32.9 Å². The summed E-state index contributed by atoms with van der Waals surface area (Å²) in [6.45, 7) is 4.15. The predicted octanol–water partition coefficient (Wildman–Crippen LogP) is 2.36. The first kappa shape index (κ1) is 8.69. The van der Waals surface area contributed by atoms with Crippen LogP contribution < -0.4 is 0 Å². The summed E-state index contributed by atoms with van der Waals surface area (Å²) in [7, 11) is 0. The van der Waals surface area contributed by atoms with Crippen LogP contribution in [0.4, 0.5) is 0 Å². The Morgan fingerprint density at radius 1 is 1.54 bits per heavy atom. The van der Waals surface area contributed by atoms with Gasteiger partial charge in [-0.1, -0.05) is 6.92 Å². The molecule has 0 aliphatic carbocycles. The number of halogens is 1. The zero-order chi connectivity index (χ0) is 9.42. The zero-order valence-corrected chi connectivity index (χ0v) is 9.17. The second kappa shape index (κ2) is 3.10. The molecule has 0 aliphatic rings. The van der Waals surface area contributed by atoms with E-state index >= 15 is 0 Å². The zero-order valence-electron chi connectivity index (χ0n) is 7.58. The van der Waals surface area contributed by atoms with Gasteiger partial charge in [-0.15, -0.1) is 0 Å². The number of aryl methyl sites for hydroxylation is 2. The van der Waals surface area contributed by atoms with Gasteiger partial charge in [0.15, 0.2) is 5.65 Å². The number of nitrogens with zero attached hydrogens (tertiary/aromatic N) is 3. The van der Waals surface area contributed by atoms with Gasteiger partial charge >= 0.3 is 0 Å². The van der Waals surface area contributed by atoms with Gasteiger partial charge in [0.25, 0.3) is 0 Å². The van der Waals surface area contributed by atoms with Crippen LogP contribution in [0.1, 0.15) is 18.2 Å². The van der Waals surface area contributed by atoms with Gasteiger partial charge in [-0.25, -0.2) is 9.50 Å². The Hall–Kier alpha value is -0.900. The van der Waals surface area contributed by atoms with E-state index in [1.54, 1.807) is 10.7 Å². The van der Waals surface area contributed by atoms with Gasteiger partial charge in [-0.05, 0) is 34.8 Å².